The number of aromatic amines is 1. The van der Waals surface area contributed by atoms with E-state index in [1.165, 1.54) is 17.7 Å². The molecular weight excluding hydrogens is 355 g/mol. The minimum absolute atomic E-state index is 0.0392. The van der Waals surface area contributed by atoms with Crippen molar-refractivity contribution in [2.24, 2.45) is 0 Å². The van der Waals surface area contributed by atoms with Crippen LogP contribution in [0.3, 0.4) is 0 Å². The second-order valence-electron chi connectivity index (χ2n) is 6.97. The Labute approximate surface area is 163 Å². The summed E-state index contributed by atoms with van der Waals surface area (Å²) in [5, 5.41) is 7.19. The van der Waals surface area contributed by atoms with E-state index in [1.807, 2.05) is 23.1 Å². The van der Waals surface area contributed by atoms with Gasteiger partial charge >= 0.3 is 0 Å². The van der Waals surface area contributed by atoms with Crippen LogP contribution in [0.5, 0.6) is 0 Å². The van der Waals surface area contributed by atoms with Gasteiger partial charge in [-0.15, -0.1) is 0 Å². The van der Waals surface area contributed by atoms with Crippen LogP contribution in [-0.4, -0.2) is 47.2 Å². The smallest absolute Gasteiger partial charge is 0.272 e. The van der Waals surface area contributed by atoms with Gasteiger partial charge in [0, 0.05) is 37.4 Å². The highest BCUT2D eigenvalue weighted by Crippen LogP contribution is 2.21. The molecule has 2 aromatic carbocycles. The number of carbonyl (C=O) groups is 1. The molecular formula is C22H23FN4O. The predicted molar refractivity (Wildman–Crippen MR) is 108 cm³/mol. The zero-order valence-electron chi connectivity index (χ0n) is 15.9. The van der Waals surface area contributed by atoms with Crippen molar-refractivity contribution >= 4 is 11.6 Å². The summed E-state index contributed by atoms with van der Waals surface area (Å²) in [4.78, 5) is 16.8. The maximum Gasteiger partial charge on any atom is 0.272 e. The third kappa shape index (κ3) is 3.76. The number of aromatic nitrogens is 2. The normalized spacial score (nSPS) is 14.4. The summed E-state index contributed by atoms with van der Waals surface area (Å²) in [6.45, 7) is 4.80. The van der Waals surface area contributed by atoms with Gasteiger partial charge < -0.3 is 9.80 Å². The molecule has 0 unspecified atom stereocenters. The molecule has 0 bridgehead atoms. The molecule has 2 heterocycles. The predicted octanol–water partition coefficient (Wildman–Crippen LogP) is 3.74. The highest BCUT2D eigenvalue weighted by molar-refractivity contribution is 5.93. The molecule has 1 N–H and O–H groups in total. The van der Waals surface area contributed by atoms with Crippen molar-refractivity contribution in [3.63, 3.8) is 0 Å². The molecule has 0 spiro atoms. The SMILES string of the molecule is CCc1ccc(-c2cc(C(=O)N3CCN(c4ccc(F)cc4)CC3)[nH]n2)cc1. The van der Waals surface area contributed by atoms with Crippen molar-refractivity contribution in [1.29, 1.82) is 0 Å². The number of hydrogen-bond donors (Lipinski definition) is 1. The van der Waals surface area contributed by atoms with E-state index in [0.29, 0.717) is 18.8 Å². The monoisotopic (exact) mass is 378 g/mol. The number of nitrogens with zero attached hydrogens (tertiary/aromatic N) is 3. The Morgan fingerprint density at radius 1 is 1.04 bits per heavy atom. The molecule has 144 valence electrons. The summed E-state index contributed by atoms with van der Waals surface area (Å²) >= 11 is 0. The first-order valence-electron chi connectivity index (χ1n) is 9.58. The van der Waals surface area contributed by atoms with Crippen molar-refractivity contribution < 1.29 is 9.18 Å². The molecule has 1 aliphatic heterocycles. The molecule has 5 nitrogen and oxygen atoms in total. The molecule has 0 radical (unpaired) electrons. The van der Waals surface area contributed by atoms with Crippen molar-refractivity contribution in [2.75, 3.05) is 31.1 Å². The highest BCUT2D eigenvalue weighted by atomic mass is 19.1. The lowest BCUT2D eigenvalue weighted by molar-refractivity contribution is 0.0741. The van der Waals surface area contributed by atoms with Crippen molar-refractivity contribution in [3.05, 3.63) is 71.7 Å². The average Bonchev–Trinajstić information content (AvgIpc) is 3.24. The van der Waals surface area contributed by atoms with Gasteiger partial charge in [-0.1, -0.05) is 31.2 Å². The Hall–Kier alpha value is -3.15. The standard InChI is InChI=1S/C22H23FN4O/c1-2-16-3-5-17(6-4-16)20-15-21(25-24-20)22(28)27-13-11-26(12-14-27)19-9-7-18(23)8-10-19/h3-10,15H,2,11-14H2,1H3,(H,24,25). The Morgan fingerprint density at radius 2 is 1.71 bits per heavy atom. The zero-order chi connectivity index (χ0) is 19.5. The van der Waals surface area contributed by atoms with Crippen LogP contribution >= 0.6 is 0 Å². The van der Waals surface area contributed by atoms with E-state index in [1.54, 1.807) is 12.1 Å². The molecule has 4 rings (SSSR count). The second kappa shape index (κ2) is 7.84. The molecule has 28 heavy (non-hydrogen) atoms. The molecule has 0 atom stereocenters. The van der Waals surface area contributed by atoms with Crippen molar-refractivity contribution in [3.8, 4) is 11.3 Å². The van der Waals surface area contributed by atoms with Gasteiger partial charge in [-0.3, -0.25) is 9.89 Å². The van der Waals surface area contributed by atoms with Gasteiger partial charge in [0.1, 0.15) is 11.5 Å². The van der Waals surface area contributed by atoms with Crippen LogP contribution < -0.4 is 4.90 Å². The minimum atomic E-state index is -0.239. The van der Waals surface area contributed by atoms with E-state index in [2.05, 4.69) is 34.2 Å². The van der Waals surface area contributed by atoms with Gasteiger partial charge in [0.15, 0.2) is 0 Å². The minimum Gasteiger partial charge on any atom is -0.368 e. The number of nitrogens with one attached hydrogen (secondary N) is 1. The van der Waals surface area contributed by atoms with Crippen LogP contribution in [-0.2, 0) is 6.42 Å². The van der Waals surface area contributed by atoms with Crippen LogP contribution in [0.25, 0.3) is 11.3 Å². The Kier molecular flexibility index (Phi) is 5.10. The molecule has 1 aromatic heterocycles. The van der Waals surface area contributed by atoms with E-state index < -0.39 is 0 Å². The molecule has 0 saturated carbocycles. The highest BCUT2D eigenvalue weighted by Gasteiger charge is 2.23. The fraction of sp³-hybridized carbons (Fsp3) is 0.273. The number of aryl methyl sites for hydroxylation is 1. The lowest BCUT2D eigenvalue weighted by Gasteiger charge is -2.35. The van der Waals surface area contributed by atoms with E-state index in [-0.39, 0.29) is 11.7 Å². The van der Waals surface area contributed by atoms with Crippen LogP contribution in [0, 0.1) is 5.82 Å². The molecule has 0 aliphatic carbocycles. The van der Waals surface area contributed by atoms with Gasteiger partial charge in [0.2, 0.25) is 0 Å². The first-order valence-corrected chi connectivity index (χ1v) is 9.58. The lowest BCUT2D eigenvalue weighted by Crippen LogP contribution is -2.48. The average molecular weight is 378 g/mol. The maximum atomic E-state index is 13.1. The summed E-state index contributed by atoms with van der Waals surface area (Å²) in [6.07, 6.45) is 0.995. The third-order valence-corrected chi connectivity index (χ3v) is 5.22. The number of hydrogen-bond acceptors (Lipinski definition) is 3. The molecule has 1 aliphatic rings. The second-order valence-corrected chi connectivity index (χ2v) is 6.97. The van der Waals surface area contributed by atoms with E-state index in [4.69, 9.17) is 0 Å². The summed E-state index contributed by atoms with van der Waals surface area (Å²) in [5.74, 6) is -0.278. The topological polar surface area (TPSA) is 52.2 Å². The van der Waals surface area contributed by atoms with Gasteiger partial charge in [0.05, 0.1) is 5.69 Å². The maximum absolute atomic E-state index is 13.1. The summed E-state index contributed by atoms with van der Waals surface area (Å²) in [6, 6.07) is 16.5. The first-order chi connectivity index (χ1) is 13.6. The fourth-order valence-corrected chi connectivity index (χ4v) is 3.48. The number of rotatable bonds is 4. The number of carbonyl (C=O) groups excluding carboxylic acids is 1. The number of anilines is 1. The number of H-pyrrole nitrogens is 1. The van der Waals surface area contributed by atoms with Crippen LogP contribution in [0.15, 0.2) is 54.6 Å². The van der Waals surface area contributed by atoms with Gasteiger partial charge in [-0.05, 0) is 42.3 Å². The van der Waals surface area contributed by atoms with Crippen molar-refractivity contribution in [2.45, 2.75) is 13.3 Å². The van der Waals surface area contributed by atoms with Gasteiger partial charge in [0.25, 0.3) is 5.91 Å². The fourth-order valence-electron chi connectivity index (χ4n) is 3.48. The number of benzene rings is 2. The van der Waals surface area contributed by atoms with Gasteiger partial charge in [-0.25, -0.2) is 4.39 Å². The summed E-state index contributed by atoms with van der Waals surface area (Å²) < 4.78 is 13.1. The molecule has 1 saturated heterocycles. The quantitative estimate of drug-likeness (QED) is 0.752. The van der Waals surface area contributed by atoms with E-state index in [0.717, 1.165) is 36.5 Å². The third-order valence-electron chi connectivity index (χ3n) is 5.22. The van der Waals surface area contributed by atoms with Crippen LogP contribution in [0.4, 0.5) is 10.1 Å². The molecule has 3 aromatic rings. The first kappa shape index (κ1) is 18.2. The lowest BCUT2D eigenvalue weighted by atomic mass is 10.1. The Morgan fingerprint density at radius 3 is 2.36 bits per heavy atom. The molecule has 1 fully saturated rings. The Bertz CT molecular complexity index is 941. The van der Waals surface area contributed by atoms with Crippen LogP contribution in [0.1, 0.15) is 23.0 Å². The Balaban J connectivity index is 1.40. The number of piperazine rings is 1. The summed E-state index contributed by atoms with van der Waals surface area (Å²) in [7, 11) is 0. The van der Waals surface area contributed by atoms with E-state index in [9.17, 15) is 9.18 Å². The zero-order valence-corrected chi connectivity index (χ0v) is 15.9. The van der Waals surface area contributed by atoms with E-state index >= 15 is 0 Å². The number of halogens is 1. The van der Waals surface area contributed by atoms with Gasteiger partial charge in [-0.2, -0.15) is 5.10 Å². The molecule has 1 amide bonds. The van der Waals surface area contributed by atoms with Crippen molar-refractivity contribution in [1.82, 2.24) is 15.1 Å². The summed E-state index contributed by atoms with van der Waals surface area (Å²) in [5.41, 5.74) is 4.52. The largest absolute Gasteiger partial charge is 0.368 e. The van der Waals surface area contributed by atoms with Crippen LogP contribution in [0.2, 0.25) is 0 Å². The number of amides is 1. The molecule has 6 heteroatoms.